The van der Waals surface area contributed by atoms with Crippen LogP contribution in [0.25, 0.3) is 0 Å². The molecule has 27 heavy (non-hydrogen) atoms. The quantitative estimate of drug-likeness (QED) is 0.472. The number of nitrogens with zero attached hydrogens (tertiary/aromatic N) is 3. The van der Waals surface area contributed by atoms with E-state index in [1.165, 1.54) is 0 Å². The number of amides is 2. The van der Waals surface area contributed by atoms with Crippen molar-refractivity contribution in [2.45, 2.75) is 20.4 Å². The molecule has 0 radical (unpaired) electrons. The Labute approximate surface area is 161 Å². The molecule has 7 nitrogen and oxygen atoms in total. The number of carbonyl (C=O) groups excluding carboxylic acids is 1. The fraction of sp³-hybridized carbons (Fsp3) is 0.158. The molecule has 0 bridgehead atoms. The van der Waals surface area contributed by atoms with E-state index in [2.05, 4.69) is 30.9 Å². The lowest BCUT2D eigenvalue weighted by molar-refractivity contribution is 0.256. The largest absolute Gasteiger partial charge is 0.326 e. The Kier molecular flexibility index (Phi) is 6.11. The number of urea groups is 1. The smallest absolute Gasteiger partial charge is 0.308 e. The number of aryl methyl sites for hydroxylation is 2. The van der Waals surface area contributed by atoms with Gasteiger partial charge in [0.1, 0.15) is 0 Å². The molecule has 0 aliphatic carbocycles. The first kappa shape index (κ1) is 18.5. The zero-order valence-corrected chi connectivity index (χ0v) is 15.9. The number of guanidine groups is 1. The van der Waals surface area contributed by atoms with Crippen LogP contribution in [0.3, 0.4) is 0 Å². The molecule has 0 saturated heterocycles. The number of para-hydroxylation sites is 1. The second-order valence-electron chi connectivity index (χ2n) is 5.79. The molecule has 3 aromatic rings. The van der Waals surface area contributed by atoms with Gasteiger partial charge in [0.05, 0.1) is 6.54 Å². The Morgan fingerprint density at radius 1 is 1.04 bits per heavy atom. The Hall–Kier alpha value is -3.26. The standard InChI is InChI=1S/C19H20N6OS/c1-13-11-14(2)22-18(21-13)24-17(20-12-16-9-6-10-27-16)25-19(26)23-15-7-4-3-5-8-15/h3-11H,12H2,1-2H3,(H3,20,21,22,23,24,25,26). The van der Waals surface area contributed by atoms with Crippen molar-refractivity contribution in [3.05, 3.63) is 70.2 Å². The van der Waals surface area contributed by atoms with Crippen LogP contribution in [-0.4, -0.2) is 22.0 Å². The van der Waals surface area contributed by atoms with Crippen LogP contribution in [0.4, 0.5) is 16.4 Å². The number of benzene rings is 1. The van der Waals surface area contributed by atoms with Gasteiger partial charge >= 0.3 is 6.03 Å². The highest BCUT2D eigenvalue weighted by Crippen LogP contribution is 2.10. The molecular formula is C19H20N6OS. The predicted octanol–water partition coefficient (Wildman–Crippen LogP) is 3.94. The van der Waals surface area contributed by atoms with E-state index < -0.39 is 6.03 Å². The van der Waals surface area contributed by atoms with Gasteiger partial charge in [0.25, 0.3) is 0 Å². The number of hydrogen-bond donors (Lipinski definition) is 3. The summed E-state index contributed by atoms with van der Waals surface area (Å²) in [6.45, 7) is 4.21. The van der Waals surface area contributed by atoms with Crippen molar-refractivity contribution in [3.63, 3.8) is 0 Å². The van der Waals surface area contributed by atoms with Crippen molar-refractivity contribution in [2.75, 3.05) is 10.6 Å². The molecule has 2 amide bonds. The fourth-order valence-electron chi connectivity index (χ4n) is 2.35. The third-order valence-corrected chi connectivity index (χ3v) is 4.31. The van der Waals surface area contributed by atoms with Gasteiger partial charge in [-0.15, -0.1) is 11.3 Å². The van der Waals surface area contributed by atoms with Crippen molar-refractivity contribution in [1.82, 2.24) is 15.3 Å². The van der Waals surface area contributed by atoms with Crippen LogP contribution >= 0.6 is 11.3 Å². The van der Waals surface area contributed by atoms with E-state index >= 15 is 0 Å². The highest BCUT2D eigenvalue weighted by atomic mass is 32.1. The molecule has 2 aromatic heterocycles. The number of aromatic nitrogens is 2. The minimum absolute atomic E-state index is 0.279. The maximum Gasteiger partial charge on any atom is 0.326 e. The number of carbonyl (C=O) groups is 1. The lowest BCUT2D eigenvalue weighted by Gasteiger charge is -2.12. The lowest BCUT2D eigenvalue weighted by Crippen LogP contribution is -2.39. The van der Waals surface area contributed by atoms with Gasteiger partial charge in [0.15, 0.2) is 0 Å². The average Bonchev–Trinajstić information content (AvgIpc) is 3.13. The van der Waals surface area contributed by atoms with Gasteiger partial charge in [-0.05, 0) is 43.5 Å². The van der Waals surface area contributed by atoms with Crippen molar-refractivity contribution in [3.8, 4) is 0 Å². The first-order valence-electron chi connectivity index (χ1n) is 8.38. The van der Waals surface area contributed by atoms with Crippen molar-refractivity contribution in [2.24, 2.45) is 4.99 Å². The number of nitrogens with one attached hydrogen (secondary N) is 3. The van der Waals surface area contributed by atoms with Crippen LogP contribution in [-0.2, 0) is 6.54 Å². The minimum Gasteiger partial charge on any atom is -0.308 e. The number of thiophene rings is 1. The topological polar surface area (TPSA) is 91.3 Å². The molecule has 0 spiro atoms. The van der Waals surface area contributed by atoms with Gasteiger partial charge in [0, 0.05) is 22.0 Å². The van der Waals surface area contributed by atoms with Gasteiger partial charge in [-0.1, -0.05) is 24.3 Å². The van der Waals surface area contributed by atoms with Gasteiger partial charge in [-0.2, -0.15) is 0 Å². The van der Waals surface area contributed by atoms with E-state index in [0.717, 1.165) is 16.3 Å². The van der Waals surface area contributed by atoms with Gasteiger partial charge in [-0.3, -0.25) is 10.6 Å². The summed E-state index contributed by atoms with van der Waals surface area (Å²) in [7, 11) is 0. The molecule has 138 valence electrons. The summed E-state index contributed by atoms with van der Waals surface area (Å²) in [5, 5.41) is 10.5. The number of rotatable bonds is 4. The second kappa shape index (κ2) is 8.91. The molecule has 0 saturated carbocycles. The maximum absolute atomic E-state index is 12.3. The molecular weight excluding hydrogens is 360 g/mol. The normalized spacial score (nSPS) is 11.1. The van der Waals surface area contributed by atoms with Crippen molar-refractivity contribution >= 4 is 35.0 Å². The summed E-state index contributed by atoms with van der Waals surface area (Å²) in [4.78, 5) is 26.6. The predicted molar refractivity (Wildman–Crippen MR) is 109 cm³/mol. The highest BCUT2D eigenvalue weighted by Gasteiger charge is 2.09. The van der Waals surface area contributed by atoms with Gasteiger partial charge < -0.3 is 5.32 Å². The summed E-state index contributed by atoms with van der Waals surface area (Å²) in [6, 6.07) is 14.6. The van der Waals surface area contributed by atoms with Gasteiger partial charge in [0.2, 0.25) is 11.9 Å². The molecule has 3 rings (SSSR count). The third-order valence-electron chi connectivity index (χ3n) is 3.45. The van der Waals surface area contributed by atoms with Crippen LogP contribution in [0.1, 0.15) is 16.3 Å². The summed E-state index contributed by atoms with van der Waals surface area (Å²) < 4.78 is 0. The SMILES string of the molecule is Cc1cc(C)nc(NC(=NCc2cccs2)NC(=O)Nc2ccccc2)n1. The Morgan fingerprint density at radius 3 is 2.44 bits per heavy atom. The number of hydrogen-bond acceptors (Lipinski definition) is 5. The molecule has 1 aromatic carbocycles. The molecule has 0 aliphatic heterocycles. The summed E-state index contributed by atoms with van der Waals surface area (Å²) in [5.74, 6) is 0.666. The van der Waals surface area contributed by atoms with Crippen LogP contribution in [0, 0.1) is 13.8 Å². The Bertz CT molecular complexity index is 904. The zero-order chi connectivity index (χ0) is 19.1. The second-order valence-corrected chi connectivity index (χ2v) is 6.82. The summed E-state index contributed by atoms with van der Waals surface area (Å²) in [5.41, 5.74) is 2.35. The number of anilines is 2. The average molecular weight is 380 g/mol. The minimum atomic E-state index is -0.400. The van der Waals surface area contributed by atoms with E-state index in [1.807, 2.05) is 67.8 Å². The van der Waals surface area contributed by atoms with E-state index in [4.69, 9.17) is 0 Å². The van der Waals surface area contributed by atoms with E-state index in [1.54, 1.807) is 11.3 Å². The molecule has 0 atom stereocenters. The molecule has 0 fully saturated rings. The van der Waals surface area contributed by atoms with Crippen molar-refractivity contribution in [1.29, 1.82) is 0 Å². The van der Waals surface area contributed by atoms with Gasteiger partial charge in [-0.25, -0.2) is 19.8 Å². The van der Waals surface area contributed by atoms with Crippen LogP contribution < -0.4 is 16.0 Å². The molecule has 0 aliphatic rings. The Morgan fingerprint density at radius 2 is 1.78 bits per heavy atom. The van der Waals surface area contributed by atoms with E-state index in [0.29, 0.717) is 18.2 Å². The van der Waals surface area contributed by atoms with Crippen molar-refractivity contribution < 1.29 is 4.79 Å². The van der Waals surface area contributed by atoms with Crippen LogP contribution in [0.15, 0.2) is 58.9 Å². The van der Waals surface area contributed by atoms with E-state index in [-0.39, 0.29) is 5.96 Å². The summed E-state index contributed by atoms with van der Waals surface area (Å²) in [6.07, 6.45) is 0. The lowest BCUT2D eigenvalue weighted by atomic mass is 10.3. The zero-order valence-electron chi connectivity index (χ0n) is 15.1. The summed E-state index contributed by atoms with van der Waals surface area (Å²) >= 11 is 1.60. The first-order valence-corrected chi connectivity index (χ1v) is 9.25. The van der Waals surface area contributed by atoms with Crippen LogP contribution in [0.5, 0.6) is 0 Å². The highest BCUT2D eigenvalue weighted by molar-refractivity contribution is 7.09. The van der Waals surface area contributed by atoms with E-state index in [9.17, 15) is 4.79 Å². The molecule has 8 heteroatoms. The molecule has 0 unspecified atom stereocenters. The van der Waals surface area contributed by atoms with Crippen LogP contribution in [0.2, 0.25) is 0 Å². The third kappa shape index (κ3) is 5.89. The Balaban J connectivity index is 1.74. The number of aliphatic imine (C=N–C) groups is 1. The monoisotopic (exact) mass is 380 g/mol. The first-order chi connectivity index (χ1) is 13.1. The maximum atomic E-state index is 12.3. The molecule has 3 N–H and O–H groups in total. The molecule has 2 heterocycles. The fourth-order valence-corrected chi connectivity index (χ4v) is 2.98.